The average Bonchev–Trinajstić information content (AvgIpc) is 3.23. The molecule has 0 unspecified atom stereocenters. The number of hydrogen-bond acceptors (Lipinski definition) is 2. The summed E-state index contributed by atoms with van der Waals surface area (Å²) in [6, 6.07) is 34.0. The van der Waals surface area contributed by atoms with Gasteiger partial charge in [-0.1, -0.05) is 86.6 Å². The summed E-state index contributed by atoms with van der Waals surface area (Å²) in [7, 11) is 0. The van der Waals surface area contributed by atoms with E-state index < -0.39 is 0 Å². The van der Waals surface area contributed by atoms with Crippen molar-refractivity contribution in [2.75, 3.05) is 0 Å². The van der Waals surface area contributed by atoms with Crippen LogP contribution in [-0.2, 0) is 5.41 Å². The molecule has 2 nitrogen and oxygen atoms in total. The highest BCUT2D eigenvalue weighted by molar-refractivity contribution is 6.19. The van der Waals surface area contributed by atoms with Crippen LogP contribution < -0.4 is 4.74 Å². The predicted octanol–water partition coefficient (Wildman–Crippen LogP) is 8.84. The van der Waals surface area contributed by atoms with Gasteiger partial charge in [-0.2, -0.15) is 0 Å². The van der Waals surface area contributed by atoms with Gasteiger partial charge in [-0.15, -0.1) is 0 Å². The van der Waals surface area contributed by atoms with E-state index in [9.17, 15) is 0 Å². The van der Waals surface area contributed by atoms with Crippen LogP contribution >= 0.6 is 0 Å². The van der Waals surface area contributed by atoms with E-state index in [-0.39, 0.29) is 5.41 Å². The number of ether oxygens (including phenoxy) is 1. The molecule has 0 fully saturated rings. The van der Waals surface area contributed by atoms with Gasteiger partial charge in [0.25, 0.3) is 0 Å². The smallest absolute Gasteiger partial charge is 0.143 e. The molecule has 0 bridgehead atoms. The molecule has 0 N–H and O–H groups in total. The number of fused-ring (bicyclic) bond motifs is 7. The van der Waals surface area contributed by atoms with Gasteiger partial charge in [0.15, 0.2) is 0 Å². The van der Waals surface area contributed by atoms with Crippen LogP contribution in [-0.4, -0.2) is 0 Å². The van der Waals surface area contributed by atoms with Crippen LogP contribution in [0.25, 0.3) is 43.8 Å². The highest BCUT2D eigenvalue weighted by atomic mass is 16.5. The van der Waals surface area contributed by atoms with Gasteiger partial charge in [0, 0.05) is 32.7 Å². The van der Waals surface area contributed by atoms with E-state index in [4.69, 9.17) is 9.15 Å². The SMILES string of the molecule is CC1(C)c2ccccc2Oc2cc(-c3cccc4oc5c6ccccc6ccc5c34)ccc21. The number of furan rings is 1. The van der Waals surface area contributed by atoms with Crippen molar-refractivity contribution in [2.45, 2.75) is 19.3 Å². The molecule has 0 amide bonds. The molecule has 33 heavy (non-hydrogen) atoms. The summed E-state index contributed by atoms with van der Waals surface area (Å²) < 4.78 is 12.8. The molecule has 0 saturated heterocycles. The van der Waals surface area contributed by atoms with Crippen molar-refractivity contribution >= 4 is 32.7 Å². The van der Waals surface area contributed by atoms with Crippen molar-refractivity contribution in [1.82, 2.24) is 0 Å². The van der Waals surface area contributed by atoms with Crippen LogP contribution in [0.5, 0.6) is 11.5 Å². The fourth-order valence-electron chi connectivity index (χ4n) is 5.42. The highest BCUT2D eigenvalue weighted by Crippen LogP contribution is 2.49. The molecular formula is C31H22O2. The van der Waals surface area contributed by atoms with Gasteiger partial charge in [0.2, 0.25) is 0 Å². The third-order valence-electron chi connectivity index (χ3n) is 7.13. The molecule has 0 spiro atoms. The molecule has 2 heterocycles. The Balaban J connectivity index is 1.47. The lowest BCUT2D eigenvalue weighted by Crippen LogP contribution is -2.24. The van der Waals surface area contributed by atoms with E-state index >= 15 is 0 Å². The first-order valence-electron chi connectivity index (χ1n) is 11.4. The molecule has 158 valence electrons. The second kappa shape index (κ2) is 6.49. The molecule has 0 atom stereocenters. The Morgan fingerprint density at radius 3 is 2.39 bits per heavy atom. The second-order valence-corrected chi connectivity index (χ2v) is 9.38. The monoisotopic (exact) mass is 426 g/mol. The number of rotatable bonds is 1. The van der Waals surface area contributed by atoms with Gasteiger partial charge in [-0.3, -0.25) is 0 Å². The zero-order chi connectivity index (χ0) is 22.2. The van der Waals surface area contributed by atoms with Gasteiger partial charge in [0.05, 0.1) is 0 Å². The van der Waals surface area contributed by atoms with Gasteiger partial charge >= 0.3 is 0 Å². The fraction of sp³-hybridized carbons (Fsp3) is 0.0968. The van der Waals surface area contributed by atoms with E-state index in [1.54, 1.807) is 0 Å². The lowest BCUT2D eigenvalue weighted by atomic mass is 9.75. The lowest BCUT2D eigenvalue weighted by molar-refractivity contribution is 0.418. The Morgan fingerprint density at radius 2 is 1.45 bits per heavy atom. The van der Waals surface area contributed by atoms with Crippen molar-refractivity contribution in [3.63, 3.8) is 0 Å². The van der Waals surface area contributed by atoms with E-state index in [1.165, 1.54) is 16.5 Å². The van der Waals surface area contributed by atoms with Crippen LogP contribution in [0.1, 0.15) is 25.0 Å². The summed E-state index contributed by atoms with van der Waals surface area (Å²) in [4.78, 5) is 0. The second-order valence-electron chi connectivity index (χ2n) is 9.38. The van der Waals surface area contributed by atoms with Gasteiger partial charge in [-0.25, -0.2) is 0 Å². The minimum atomic E-state index is -0.115. The molecule has 1 aliphatic rings. The quantitative estimate of drug-likeness (QED) is 0.262. The van der Waals surface area contributed by atoms with Gasteiger partial charge in [0.1, 0.15) is 22.7 Å². The van der Waals surface area contributed by atoms with Crippen LogP contribution in [0.3, 0.4) is 0 Å². The summed E-state index contributed by atoms with van der Waals surface area (Å²) in [5, 5.41) is 4.62. The van der Waals surface area contributed by atoms with Crippen molar-refractivity contribution in [2.24, 2.45) is 0 Å². The molecule has 5 aromatic carbocycles. The van der Waals surface area contributed by atoms with Crippen LogP contribution in [0, 0.1) is 0 Å². The van der Waals surface area contributed by atoms with Gasteiger partial charge < -0.3 is 9.15 Å². The molecule has 1 aromatic heterocycles. The van der Waals surface area contributed by atoms with Crippen LogP contribution in [0.2, 0.25) is 0 Å². The van der Waals surface area contributed by atoms with E-state index in [1.807, 2.05) is 6.07 Å². The van der Waals surface area contributed by atoms with E-state index in [0.717, 1.165) is 50.0 Å². The minimum Gasteiger partial charge on any atom is -0.457 e. The maximum absolute atomic E-state index is 6.39. The Kier molecular flexibility index (Phi) is 3.64. The molecule has 0 saturated carbocycles. The van der Waals surface area contributed by atoms with E-state index in [0.29, 0.717) is 0 Å². The largest absolute Gasteiger partial charge is 0.457 e. The molecule has 1 aliphatic heterocycles. The Labute approximate surface area is 192 Å². The minimum absolute atomic E-state index is 0.115. The van der Waals surface area contributed by atoms with Crippen LogP contribution in [0.15, 0.2) is 101 Å². The zero-order valence-corrected chi connectivity index (χ0v) is 18.6. The Bertz CT molecular complexity index is 1720. The zero-order valence-electron chi connectivity index (χ0n) is 18.6. The van der Waals surface area contributed by atoms with E-state index in [2.05, 4.69) is 105 Å². The standard InChI is InChI=1S/C31H22O2/c1-31(2)24-11-5-6-12-26(24)32-28-18-20(15-17-25(28)31)21-10-7-13-27-29(21)23-16-14-19-8-3-4-9-22(19)30(23)33-27/h3-18H,1-2H3. The summed E-state index contributed by atoms with van der Waals surface area (Å²) >= 11 is 0. The maximum Gasteiger partial charge on any atom is 0.143 e. The first-order valence-corrected chi connectivity index (χ1v) is 11.4. The first-order chi connectivity index (χ1) is 16.1. The average molecular weight is 427 g/mol. The Morgan fingerprint density at radius 1 is 0.636 bits per heavy atom. The van der Waals surface area contributed by atoms with Crippen molar-refractivity contribution in [3.8, 4) is 22.6 Å². The molecular weight excluding hydrogens is 404 g/mol. The van der Waals surface area contributed by atoms with Crippen molar-refractivity contribution in [3.05, 3.63) is 108 Å². The summed E-state index contributed by atoms with van der Waals surface area (Å²) in [6.45, 7) is 4.53. The maximum atomic E-state index is 6.39. The molecule has 7 rings (SSSR count). The van der Waals surface area contributed by atoms with Crippen molar-refractivity contribution < 1.29 is 9.15 Å². The first kappa shape index (κ1) is 18.5. The number of benzene rings is 5. The summed E-state index contributed by atoms with van der Waals surface area (Å²) in [6.07, 6.45) is 0. The van der Waals surface area contributed by atoms with Gasteiger partial charge in [-0.05, 0) is 40.8 Å². The molecule has 6 aromatic rings. The number of hydrogen-bond donors (Lipinski definition) is 0. The highest BCUT2D eigenvalue weighted by Gasteiger charge is 2.34. The third-order valence-corrected chi connectivity index (χ3v) is 7.13. The Hall–Kier alpha value is -4.04. The summed E-state index contributed by atoms with van der Waals surface area (Å²) in [5.74, 6) is 1.86. The predicted molar refractivity (Wildman–Crippen MR) is 135 cm³/mol. The molecule has 2 heteroatoms. The molecule has 0 aliphatic carbocycles. The molecule has 0 radical (unpaired) electrons. The fourth-order valence-corrected chi connectivity index (χ4v) is 5.42. The summed E-state index contributed by atoms with van der Waals surface area (Å²) in [5.41, 5.74) is 6.45. The lowest BCUT2D eigenvalue weighted by Gasteiger charge is -2.34. The number of para-hydroxylation sites is 1. The van der Waals surface area contributed by atoms with Crippen molar-refractivity contribution in [1.29, 1.82) is 0 Å². The topological polar surface area (TPSA) is 22.4 Å². The normalized spacial score (nSPS) is 14.2. The van der Waals surface area contributed by atoms with Crippen LogP contribution in [0.4, 0.5) is 0 Å². The third kappa shape index (κ3) is 2.55.